The number of methoxy groups -OCH3 is 3. The first-order valence-electron chi connectivity index (χ1n) is 9.12. The molecule has 2 aromatic rings. The molecule has 0 aromatic heterocycles. The first-order valence-corrected chi connectivity index (χ1v) is 9.12. The van der Waals surface area contributed by atoms with Crippen LogP contribution >= 0.6 is 0 Å². The van der Waals surface area contributed by atoms with E-state index >= 15 is 0 Å². The lowest BCUT2D eigenvalue weighted by Crippen LogP contribution is -2.46. The smallest absolute Gasteiger partial charge is 0.161 e. The molecule has 0 bridgehead atoms. The van der Waals surface area contributed by atoms with Crippen LogP contribution in [-0.2, 0) is 11.3 Å². The van der Waals surface area contributed by atoms with Gasteiger partial charge in [0.25, 0.3) is 0 Å². The van der Waals surface area contributed by atoms with E-state index in [2.05, 4.69) is 4.90 Å². The molecular weight excluding hydrogens is 365 g/mol. The molecule has 2 aromatic carbocycles. The number of benzene rings is 2. The molecule has 0 spiro atoms. The van der Waals surface area contributed by atoms with Crippen molar-refractivity contribution in [1.82, 2.24) is 4.90 Å². The third-order valence-corrected chi connectivity index (χ3v) is 5.04. The van der Waals surface area contributed by atoms with E-state index in [0.717, 1.165) is 5.56 Å². The van der Waals surface area contributed by atoms with Gasteiger partial charge in [0.15, 0.2) is 11.5 Å². The van der Waals surface area contributed by atoms with Gasteiger partial charge < -0.3 is 24.1 Å². The largest absolute Gasteiger partial charge is 0.496 e. The van der Waals surface area contributed by atoms with E-state index in [-0.39, 0.29) is 18.5 Å². The summed E-state index contributed by atoms with van der Waals surface area (Å²) in [5, 5.41) is 9.88. The Labute approximate surface area is 164 Å². The molecule has 1 aliphatic heterocycles. The second kappa shape index (κ2) is 9.23. The summed E-state index contributed by atoms with van der Waals surface area (Å²) in [7, 11) is 4.68. The molecule has 2 atom stereocenters. The Balaban J connectivity index is 1.98. The Kier molecular flexibility index (Phi) is 6.72. The summed E-state index contributed by atoms with van der Waals surface area (Å²) < 4.78 is 36.4. The summed E-state index contributed by atoms with van der Waals surface area (Å²) >= 11 is 0. The quantitative estimate of drug-likeness (QED) is 0.783. The minimum Gasteiger partial charge on any atom is -0.496 e. The molecule has 1 N–H and O–H groups in total. The number of hydrogen-bond donors (Lipinski definition) is 1. The van der Waals surface area contributed by atoms with Crippen LogP contribution < -0.4 is 14.2 Å². The number of halogens is 1. The Bertz CT molecular complexity index is 800. The van der Waals surface area contributed by atoms with Crippen molar-refractivity contribution in [3.8, 4) is 17.2 Å². The zero-order chi connectivity index (χ0) is 20.1. The van der Waals surface area contributed by atoms with Gasteiger partial charge in [0.1, 0.15) is 17.7 Å². The van der Waals surface area contributed by atoms with Crippen molar-refractivity contribution in [1.29, 1.82) is 0 Å². The summed E-state index contributed by atoms with van der Waals surface area (Å²) in [5.41, 5.74) is 1.38. The number of morpholine rings is 1. The van der Waals surface area contributed by atoms with Gasteiger partial charge in [-0.3, -0.25) is 4.90 Å². The molecule has 152 valence electrons. The van der Waals surface area contributed by atoms with Crippen LogP contribution in [0.15, 0.2) is 36.4 Å². The summed E-state index contributed by atoms with van der Waals surface area (Å²) in [4.78, 5) is 2.09. The molecule has 6 nitrogen and oxygen atoms in total. The van der Waals surface area contributed by atoms with E-state index in [1.807, 2.05) is 18.2 Å². The first kappa shape index (κ1) is 20.4. The zero-order valence-electron chi connectivity index (χ0n) is 16.4. The monoisotopic (exact) mass is 391 g/mol. The predicted molar refractivity (Wildman–Crippen MR) is 102 cm³/mol. The molecule has 28 heavy (non-hydrogen) atoms. The topological polar surface area (TPSA) is 60.4 Å². The van der Waals surface area contributed by atoms with Crippen LogP contribution in [0, 0.1) is 5.82 Å². The Morgan fingerprint density at radius 1 is 1.07 bits per heavy atom. The molecule has 3 rings (SSSR count). The van der Waals surface area contributed by atoms with Crippen molar-refractivity contribution in [3.05, 3.63) is 53.3 Å². The number of nitrogens with zero attached hydrogens (tertiary/aromatic N) is 1. The van der Waals surface area contributed by atoms with Crippen molar-refractivity contribution in [2.24, 2.45) is 0 Å². The zero-order valence-corrected chi connectivity index (χ0v) is 16.4. The summed E-state index contributed by atoms with van der Waals surface area (Å²) in [6.07, 6.45) is -0.440. The van der Waals surface area contributed by atoms with Crippen molar-refractivity contribution >= 4 is 0 Å². The van der Waals surface area contributed by atoms with Crippen LogP contribution in [-0.4, -0.2) is 57.2 Å². The standard InChI is InChI=1S/C21H26FNO5/c1-25-17-6-4-5-16(22)15(17)12-23-9-10-28-20(13-24)21(23)14-7-8-18(26-2)19(11-14)27-3/h4-8,11,20-21,24H,9-10,12-13H2,1-3H3/t20-,21-/m1/s1. The predicted octanol–water partition coefficient (Wildman–Crippen LogP) is 2.79. The lowest BCUT2D eigenvalue weighted by Gasteiger charge is -2.41. The Morgan fingerprint density at radius 3 is 2.50 bits per heavy atom. The molecule has 1 aliphatic rings. The number of hydrogen-bond acceptors (Lipinski definition) is 6. The van der Waals surface area contributed by atoms with Crippen LogP contribution in [0.4, 0.5) is 4.39 Å². The summed E-state index contributed by atoms with van der Waals surface area (Å²) in [5.74, 6) is 1.38. The maximum Gasteiger partial charge on any atom is 0.161 e. The highest BCUT2D eigenvalue weighted by atomic mass is 19.1. The number of rotatable bonds is 7. The van der Waals surface area contributed by atoms with E-state index in [9.17, 15) is 9.50 Å². The molecule has 1 saturated heterocycles. The molecule has 0 amide bonds. The second-order valence-corrected chi connectivity index (χ2v) is 6.54. The third kappa shape index (κ3) is 4.06. The lowest BCUT2D eigenvalue weighted by molar-refractivity contribution is -0.0964. The van der Waals surface area contributed by atoms with E-state index in [1.54, 1.807) is 26.4 Å². The molecule has 0 unspecified atom stereocenters. The van der Waals surface area contributed by atoms with Gasteiger partial charge >= 0.3 is 0 Å². The molecule has 7 heteroatoms. The van der Waals surface area contributed by atoms with Crippen LogP contribution in [0.3, 0.4) is 0 Å². The molecule has 0 saturated carbocycles. The second-order valence-electron chi connectivity index (χ2n) is 6.54. The molecular formula is C21H26FNO5. The molecule has 0 radical (unpaired) electrons. The fourth-order valence-corrected chi connectivity index (χ4v) is 3.67. The lowest BCUT2D eigenvalue weighted by atomic mass is 9.97. The van der Waals surface area contributed by atoms with E-state index in [1.165, 1.54) is 13.2 Å². The molecule has 1 fully saturated rings. The van der Waals surface area contributed by atoms with Gasteiger partial charge in [-0.25, -0.2) is 4.39 Å². The maximum atomic E-state index is 14.5. The van der Waals surface area contributed by atoms with Crippen molar-refractivity contribution < 1.29 is 28.4 Å². The van der Waals surface area contributed by atoms with Gasteiger partial charge in [-0.05, 0) is 29.8 Å². The minimum absolute atomic E-state index is 0.149. The van der Waals surface area contributed by atoms with Gasteiger partial charge in [-0.2, -0.15) is 0 Å². The highest BCUT2D eigenvalue weighted by molar-refractivity contribution is 5.44. The molecule has 0 aliphatic carbocycles. The maximum absolute atomic E-state index is 14.5. The van der Waals surface area contributed by atoms with Gasteiger partial charge in [0, 0.05) is 18.7 Å². The van der Waals surface area contributed by atoms with E-state index < -0.39 is 6.10 Å². The van der Waals surface area contributed by atoms with Gasteiger partial charge in [0.2, 0.25) is 0 Å². The van der Waals surface area contributed by atoms with E-state index in [4.69, 9.17) is 18.9 Å². The highest BCUT2D eigenvalue weighted by Crippen LogP contribution is 2.37. The first-order chi connectivity index (χ1) is 13.6. The summed E-state index contributed by atoms with van der Waals surface area (Å²) in [6, 6.07) is 10.1. The number of aliphatic hydroxyl groups is 1. The average molecular weight is 391 g/mol. The van der Waals surface area contributed by atoms with E-state index in [0.29, 0.717) is 42.5 Å². The highest BCUT2D eigenvalue weighted by Gasteiger charge is 2.34. The fraction of sp³-hybridized carbons (Fsp3) is 0.429. The average Bonchev–Trinajstić information content (AvgIpc) is 2.74. The SMILES string of the molecule is COc1ccc([C@@H]2[C@@H](CO)OCCN2Cc2c(F)cccc2OC)cc1OC. The van der Waals surface area contributed by atoms with Crippen molar-refractivity contribution in [3.63, 3.8) is 0 Å². The van der Waals surface area contributed by atoms with Gasteiger partial charge in [-0.1, -0.05) is 12.1 Å². The Hall–Kier alpha value is -2.35. The fourth-order valence-electron chi connectivity index (χ4n) is 3.67. The van der Waals surface area contributed by atoms with Crippen LogP contribution in [0.2, 0.25) is 0 Å². The van der Waals surface area contributed by atoms with Crippen molar-refractivity contribution in [2.45, 2.75) is 18.7 Å². The molecule has 1 heterocycles. The van der Waals surface area contributed by atoms with Crippen LogP contribution in [0.5, 0.6) is 17.2 Å². The number of aliphatic hydroxyl groups excluding tert-OH is 1. The van der Waals surface area contributed by atoms with Gasteiger partial charge in [-0.15, -0.1) is 0 Å². The number of ether oxygens (including phenoxy) is 4. The Morgan fingerprint density at radius 2 is 1.82 bits per heavy atom. The van der Waals surface area contributed by atoms with Crippen molar-refractivity contribution in [2.75, 3.05) is 41.1 Å². The third-order valence-electron chi connectivity index (χ3n) is 5.04. The van der Waals surface area contributed by atoms with Crippen LogP contribution in [0.1, 0.15) is 17.2 Å². The minimum atomic E-state index is -0.440. The van der Waals surface area contributed by atoms with Crippen LogP contribution in [0.25, 0.3) is 0 Å². The van der Waals surface area contributed by atoms with Gasteiger partial charge in [0.05, 0.1) is 40.6 Å². The normalized spacial score (nSPS) is 20.0. The summed E-state index contributed by atoms with van der Waals surface area (Å²) in [6.45, 7) is 1.22.